The van der Waals surface area contributed by atoms with E-state index in [1.807, 2.05) is 19.9 Å². The monoisotopic (exact) mass is 313 g/mol. The summed E-state index contributed by atoms with van der Waals surface area (Å²) < 4.78 is 5.10. The number of rotatable bonds is 5. The summed E-state index contributed by atoms with van der Waals surface area (Å²) in [5.74, 6) is -1.30. The minimum absolute atomic E-state index is 0.0992. The first-order valence-electron chi connectivity index (χ1n) is 7.18. The number of carbonyl (C=O) groups excluding carboxylic acids is 2. The fourth-order valence-corrected chi connectivity index (χ4v) is 1.62. The lowest BCUT2D eigenvalue weighted by Crippen LogP contribution is -2.52. The summed E-state index contributed by atoms with van der Waals surface area (Å²) in [7, 11) is 0. The number of amides is 1. The van der Waals surface area contributed by atoms with Crippen molar-refractivity contribution in [3.63, 3.8) is 0 Å². The Balaban J connectivity index is 2.73. The zero-order valence-electron chi connectivity index (χ0n) is 13.6. The van der Waals surface area contributed by atoms with Crippen LogP contribution < -0.4 is 5.32 Å². The zero-order chi connectivity index (χ0) is 17.6. The summed E-state index contributed by atoms with van der Waals surface area (Å²) >= 11 is 0. The fraction of sp³-hybridized carbons (Fsp3) is 0.412. The molecule has 0 saturated heterocycles. The Hall–Kier alpha value is -2.86. The van der Waals surface area contributed by atoms with Gasteiger partial charge in [-0.15, -0.1) is 0 Å². The molecule has 1 aromatic carbocycles. The quantitative estimate of drug-likeness (QED) is 0.839. The molecule has 0 aliphatic heterocycles. The van der Waals surface area contributed by atoms with Crippen LogP contribution in [0.4, 0.5) is 0 Å². The molecule has 0 radical (unpaired) electrons. The van der Waals surface area contributed by atoms with Crippen LogP contribution in [0.15, 0.2) is 24.3 Å². The van der Waals surface area contributed by atoms with E-state index in [-0.39, 0.29) is 11.5 Å². The molecule has 1 rings (SSSR count). The topological polar surface area (TPSA) is 103 Å². The third-order valence-corrected chi connectivity index (χ3v) is 3.67. The van der Waals surface area contributed by atoms with E-state index in [0.717, 1.165) is 0 Å². The highest BCUT2D eigenvalue weighted by Gasteiger charge is 2.32. The largest absolute Gasteiger partial charge is 0.449 e. The molecule has 6 nitrogen and oxygen atoms in total. The van der Waals surface area contributed by atoms with Gasteiger partial charge >= 0.3 is 5.97 Å². The molecule has 0 fully saturated rings. The van der Waals surface area contributed by atoms with Crippen molar-refractivity contribution < 1.29 is 14.3 Å². The van der Waals surface area contributed by atoms with Crippen molar-refractivity contribution in [1.82, 2.24) is 5.32 Å². The molecule has 2 atom stereocenters. The molecule has 1 amide bonds. The Labute approximate surface area is 135 Å². The van der Waals surface area contributed by atoms with Crippen LogP contribution in [-0.2, 0) is 9.53 Å². The minimum atomic E-state index is -1.04. The summed E-state index contributed by atoms with van der Waals surface area (Å²) in [6, 6.07) is 9.91. The Bertz CT molecular complexity index is 668. The van der Waals surface area contributed by atoms with Gasteiger partial charge in [0.05, 0.1) is 23.3 Å². The number of ether oxygens (including phenoxy) is 1. The molecule has 23 heavy (non-hydrogen) atoms. The molecule has 1 aromatic rings. The third-order valence-electron chi connectivity index (χ3n) is 3.67. The van der Waals surface area contributed by atoms with E-state index in [9.17, 15) is 14.9 Å². The second-order valence-electron chi connectivity index (χ2n) is 5.69. The predicted molar refractivity (Wildman–Crippen MR) is 83.0 cm³/mol. The van der Waals surface area contributed by atoms with Crippen LogP contribution in [0, 0.1) is 28.6 Å². The van der Waals surface area contributed by atoms with Gasteiger partial charge in [-0.3, -0.25) is 4.79 Å². The van der Waals surface area contributed by atoms with Gasteiger partial charge in [0, 0.05) is 0 Å². The Kier molecular flexibility index (Phi) is 5.87. The van der Waals surface area contributed by atoms with E-state index < -0.39 is 23.5 Å². The number of nitrogens with zero attached hydrogens (tertiary/aromatic N) is 2. The van der Waals surface area contributed by atoms with Crippen LogP contribution in [0.25, 0.3) is 0 Å². The van der Waals surface area contributed by atoms with Crippen LogP contribution in [0.1, 0.15) is 43.6 Å². The Morgan fingerprint density at radius 3 is 2.17 bits per heavy atom. The molecular weight excluding hydrogens is 294 g/mol. The third kappa shape index (κ3) is 4.55. The van der Waals surface area contributed by atoms with Crippen molar-refractivity contribution in [2.45, 2.75) is 39.3 Å². The molecule has 1 N–H and O–H groups in total. The standard InChI is InChI=1S/C17H19N3O3/c1-11(2)17(4,10-19)20-15(21)12(3)23-16(22)14-7-5-13(9-18)6-8-14/h5-8,11-12H,1-4H3,(H,20,21)/t12-,17+/m1/s1. The number of nitriles is 2. The van der Waals surface area contributed by atoms with Crippen LogP contribution in [-0.4, -0.2) is 23.5 Å². The van der Waals surface area contributed by atoms with E-state index in [0.29, 0.717) is 5.56 Å². The maximum Gasteiger partial charge on any atom is 0.338 e. The highest BCUT2D eigenvalue weighted by atomic mass is 16.5. The molecule has 0 unspecified atom stereocenters. The molecule has 0 spiro atoms. The molecule has 0 saturated carbocycles. The second kappa shape index (κ2) is 7.42. The Morgan fingerprint density at radius 2 is 1.74 bits per heavy atom. The van der Waals surface area contributed by atoms with Gasteiger partial charge in [0.1, 0.15) is 5.54 Å². The first-order valence-corrected chi connectivity index (χ1v) is 7.18. The van der Waals surface area contributed by atoms with Crippen molar-refractivity contribution >= 4 is 11.9 Å². The maximum absolute atomic E-state index is 12.1. The van der Waals surface area contributed by atoms with Crippen LogP contribution in [0.5, 0.6) is 0 Å². The first kappa shape index (κ1) is 18.2. The van der Waals surface area contributed by atoms with Crippen molar-refractivity contribution in [3.8, 4) is 12.1 Å². The molecule has 0 aliphatic rings. The molecular formula is C17H19N3O3. The Morgan fingerprint density at radius 1 is 1.17 bits per heavy atom. The zero-order valence-corrected chi connectivity index (χ0v) is 13.6. The number of carbonyl (C=O) groups is 2. The molecule has 0 bridgehead atoms. The fourth-order valence-electron chi connectivity index (χ4n) is 1.62. The average molecular weight is 313 g/mol. The minimum Gasteiger partial charge on any atom is -0.449 e. The smallest absolute Gasteiger partial charge is 0.338 e. The van der Waals surface area contributed by atoms with Gasteiger partial charge in [-0.1, -0.05) is 13.8 Å². The lowest BCUT2D eigenvalue weighted by molar-refractivity contribution is -0.130. The van der Waals surface area contributed by atoms with E-state index in [2.05, 4.69) is 11.4 Å². The highest BCUT2D eigenvalue weighted by Crippen LogP contribution is 2.16. The number of hydrogen-bond acceptors (Lipinski definition) is 5. The normalized spacial score (nSPS) is 14.0. The molecule has 0 heterocycles. The molecule has 6 heteroatoms. The summed E-state index contributed by atoms with van der Waals surface area (Å²) in [6.45, 7) is 6.69. The first-order chi connectivity index (χ1) is 10.7. The average Bonchev–Trinajstić information content (AvgIpc) is 2.54. The molecule has 0 aliphatic carbocycles. The van der Waals surface area contributed by atoms with Gasteiger partial charge in [-0.05, 0) is 44.0 Å². The van der Waals surface area contributed by atoms with E-state index >= 15 is 0 Å². The van der Waals surface area contributed by atoms with E-state index in [1.54, 1.807) is 6.92 Å². The molecule has 0 aromatic heterocycles. The van der Waals surface area contributed by atoms with Crippen LogP contribution >= 0.6 is 0 Å². The maximum atomic E-state index is 12.1. The van der Waals surface area contributed by atoms with Crippen molar-refractivity contribution in [1.29, 1.82) is 10.5 Å². The van der Waals surface area contributed by atoms with Gasteiger partial charge in [0.2, 0.25) is 0 Å². The van der Waals surface area contributed by atoms with Crippen molar-refractivity contribution in [2.75, 3.05) is 0 Å². The summed E-state index contributed by atoms with van der Waals surface area (Å²) in [6.07, 6.45) is -1.04. The molecule has 120 valence electrons. The van der Waals surface area contributed by atoms with Crippen molar-refractivity contribution in [3.05, 3.63) is 35.4 Å². The lowest BCUT2D eigenvalue weighted by Gasteiger charge is -2.28. The van der Waals surface area contributed by atoms with Gasteiger partial charge in [-0.25, -0.2) is 4.79 Å². The number of esters is 1. The van der Waals surface area contributed by atoms with Crippen LogP contribution in [0.2, 0.25) is 0 Å². The number of nitrogens with one attached hydrogen (secondary N) is 1. The van der Waals surface area contributed by atoms with Crippen molar-refractivity contribution in [2.24, 2.45) is 5.92 Å². The van der Waals surface area contributed by atoms with Gasteiger partial charge in [0.15, 0.2) is 6.10 Å². The number of hydrogen-bond donors (Lipinski definition) is 1. The summed E-state index contributed by atoms with van der Waals surface area (Å²) in [4.78, 5) is 24.1. The van der Waals surface area contributed by atoms with E-state index in [4.69, 9.17) is 10.00 Å². The summed E-state index contributed by atoms with van der Waals surface area (Å²) in [5, 5.41) is 20.5. The van der Waals surface area contributed by atoms with E-state index in [1.165, 1.54) is 31.2 Å². The number of benzene rings is 1. The van der Waals surface area contributed by atoms with Gasteiger partial charge < -0.3 is 10.1 Å². The SMILES string of the molecule is CC(C)[C@](C)(C#N)NC(=O)[C@@H](C)OC(=O)c1ccc(C#N)cc1. The predicted octanol–water partition coefficient (Wildman–Crippen LogP) is 2.16. The second-order valence-corrected chi connectivity index (χ2v) is 5.69. The van der Waals surface area contributed by atoms with Crippen LogP contribution in [0.3, 0.4) is 0 Å². The lowest BCUT2D eigenvalue weighted by atomic mass is 9.90. The highest BCUT2D eigenvalue weighted by molar-refractivity contribution is 5.92. The summed E-state index contributed by atoms with van der Waals surface area (Å²) in [5.41, 5.74) is -0.365. The van der Waals surface area contributed by atoms with Gasteiger partial charge in [0.25, 0.3) is 5.91 Å². The van der Waals surface area contributed by atoms with Gasteiger partial charge in [-0.2, -0.15) is 10.5 Å².